The molecule has 22 nitrogen and oxygen atoms in total. The third-order valence-corrected chi connectivity index (χ3v) is 17.2. The first-order valence-corrected chi connectivity index (χ1v) is 32.2. The third-order valence-electron chi connectivity index (χ3n) is 12.8. The monoisotopic (exact) mass is 1260 g/mol. The van der Waals surface area contributed by atoms with E-state index < -0.39 is 17.2 Å². The summed E-state index contributed by atoms with van der Waals surface area (Å²) in [5, 5.41) is 24.5. The van der Waals surface area contributed by atoms with Gasteiger partial charge in [0.25, 0.3) is 0 Å². The molecular formula is C60H80N8O14S4. The minimum Gasteiger partial charge on any atom is -0.481 e. The lowest BCUT2D eigenvalue weighted by Gasteiger charge is -2.30. The summed E-state index contributed by atoms with van der Waals surface area (Å²) in [5.74, 6) is -1.36. The van der Waals surface area contributed by atoms with Crippen molar-refractivity contribution in [2.75, 3.05) is 109 Å². The van der Waals surface area contributed by atoms with E-state index in [1.54, 1.807) is 39.4 Å². The topological polar surface area (TPSA) is 268 Å². The smallest absolute Gasteiger partial charge is 0.410 e. The zero-order chi connectivity index (χ0) is 61.6. The number of carboxylic acid groups (broad SMARTS) is 1. The van der Waals surface area contributed by atoms with Gasteiger partial charge in [-0.1, -0.05) is 24.3 Å². The average molecular weight is 1270 g/mol. The number of benzene rings is 2. The van der Waals surface area contributed by atoms with Gasteiger partial charge in [-0.25, -0.2) is 19.6 Å². The Kier molecular flexibility index (Phi) is 26.0. The predicted molar refractivity (Wildman–Crippen MR) is 336 cm³/mol. The second-order valence-electron chi connectivity index (χ2n) is 21.9. The number of hydrogen-bond acceptors (Lipinski definition) is 21. The van der Waals surface area contributed by atoms with Crippen LogP contribution in [0.5, 0.6) is 0 Å². The summed E-state index contributed by atoms with van der Waals surface area (Å²) in [6.07, 6.45) is 1.42. The van der Waals surface area contributed by atoms with Crippen LogP contribution in [0.25, 0.3) is 41.6 Å². The van der Waals surface area contributed by atoms with Gasteiger partial charge in [-0.15, -0.1) is 45.3 Å². The number of aromatic nitrogens is 2. The number of carboxylic acids is 1. The molecule has 0 spiro atoms. The molecule has 8 rings (SSSR count). The van der Waals surface area contributed by atoms with Gasteiger partial charge in [0.1, 0.15) is 31.2 Å². The minimum absolute atomic E-state index is 0.0235. The van der Waals surface area contributed by atoms with E-state index in [9.17, 15) is 28.8 Å². The molecule has 0 fully saturated rings. The van der Waals surface area contributed by atoms with Crippen molar-refractivity contribution < 1.29 is 67.0 Å². The average Bonchev–Trinajstić information content (AvgIpc) is 1.72. The maximum atomic E-state index is 13.0. The second-order valence-corrected chi connectivity index (χ2v) is 26.2. The summed E-state index contributed by atoms with van der Waals surface area (Å²) in [7, 11) is 0. The Hall–Kier alpha value is -6.20. The van der Waals surface area contributed by atoms with Crippen molar-refractivity contribution >= 4 is 112 Å². The van der Waals surface area contributed by atoms with Gasteiger partial charge < -0.3 is 69.3 Å². The number of para-hydroxylation sites is 2. The van der Waals surface area contributed by atoms with Crippen molar-refractivity contribution in [1.29, 1.82) is 0 Å². The maximum absolute atomic E-state index is 13.0. The molecule has 5 N–H and O–H groups in total. The van der Waals surface area contributed by atoms with E-state index in [-0.39, 0.29) is 55.8 Å². The lowest BCUT2D eigenvalue weighted by Crippen LogP contribution is -2.39. The summed E-state index contributed by atoms with van der Waals surface area (Å²) in [5.41, 5.74) is 4.84. The summed E-state index contributed by atoms with van der Waals surface area (Å²) in [6.45, 7) is 20.3. The second kappa shape index (κ2) is 33.2. The SMILES string of the molecule is CC(C)(C)OC(=O)N1CCc2c(sc(NC(=O)CCNCCOCCOCCC(=O)O)c2-c2nc3ccccc3s2)C1.CCOC(=O)CCOCCOCCNCCC(=O)Nc1sc2c(c1-c1nc3ccccc3s1)CCN(C(=O)OC(C)(C)C)C2. The van der Waals surface area contributed by atoms with Crippen LogP contribution in [0.3, 0.4) is 0 Å². The maximum Gasteiger partial charge on any atom is 0.410 e. The molecule has 6 aromatic rings. The quantitative estimate of drug-likeness (QED) is 0.0166. The number of fused-ring (bicyclic) bond motifs is 4. The summed E-state index contributed by atoms with van der Waals surface area (Å²) < 4.78 is 39.7. The van der Waals surface area contributed by atoms with Gasteiger partial charge in [0, 0.05) is 73.0 Å². The molecule has 0 unspecified atom stereocenters. The fraction of sp³-hybridized carbons (Fsp3) is 0.533. The normalized spacial score (nSPS) is 13.2. The molecule has 4 amide bonds. The number of hydrogen-bond donors (Lipinski definition) is 5. The van der Waals surface area contributed by atoms with E-state index >= 15 is 0 Å². The number of esters is 1. The van der Waals surface area contributed by atoms with Crippen LogP contribution in [0.15, 0.2) is 48.5 Å². The highest BCUT2D eigenvalue weighted by Gasteiger charge is 2.33. The molecule has 6 heterocycles. The lowest BCUT2D eigenvalue weighted by molar-refractivity contribution is -0.144. The predicted octanol–water partition coefficient (Wildman–Crippen LogP) is 9.97. The molecular weight excluding hydrogens is 1180 g/mol. The van der Waals surface area contributed by atoms with E-state index in [0.29, 0.717) is 124 Å². The number of thiophene rings is 2. The van der Waals surface area contributed by atoms with Gasteiger partial charge in [0.05, 0.1) is 106 Å². The number of carbonyl (C=O) groups excluding carboxylic acids is 5. The highest BCUT2D eigenvalue weighted by molar-refractivity contribution is 7.23. The number of thiazole rings is 2. The van der Waals surface area contributed by atoms with Crippen LogP contribution in [0, 0.1) is 0 Å². The first-order valence-electron chi connectivity index (χ1n) is 28.9. The van der Waals surface area contributed by atoms with Gasteiger partial charge in [-0.05, 0) is 96.7 Å². The van der Waals surface area contributed by atoms with Crippen LogP contribution in [0.4, 0.5) is 19.6 Å². The van der Waals surface area contributed by atoms with Gasteiger partial charge in [-0.3, -0.25) is 19.2 Å². The highest BCUT2D eigenvalue weighted by atomic mass is 32.1. The Morgan fingerprint density at radius 3 is 1.37 bits per heavy atom. The molecule has 86 heavy (non-hydrogen) atoms. The molecule has 0 saturated heterocycles. The summed E-state index contributed by atoms with van der Waals surface area (Å²) in [6, 6.07) is 16.0. The van der Waals surface area contributed by atoms with E-state index in [2.05, 4.69) is 21.3 Å². The molecule has 2 aromatic carbocycles. The number of rotatable bonds is 29. The molecule has 0 saturated carbocycles. The molecule has 4 aromatic heterocycles. The number of carbonyl (C=O) groups is 6. The van der Waals surface area contributed by atoms with E-state index in [1.807, 2.05) is 90.1 Å². The van der Waals surface area contributed by atoms with Crippen molar-refractivity contribution in [3.8, 4) is 21.1 Å². The molecule has 0 radical (unpaired) electrons. The number of aliphatic carboxylic acids is 1. The van der Waals surface area contributed by atoms with Gasteiger partial charge >= 0.3 is 24.1 Å². The number of nitrogens with one attached hydrogen (secondary N) is 4. The molecule has 26 heteroatoms. The Balaban J connectivity index is 0.000000246. The first-order chi connectivity index (χ1) is 41.2. The van der Waals surface area contributed by atoms with Gasteiger partial charge in [0.15, 0.2) is 0 Å². The van der Waals surface area contributed by atoms with E-state index in [1.165, 1.54) is 22.7 Å². The molecule has 0 bridgehead atoms. The Morgan fingerprint density at radius 1 is 0.547 bits per heavy atom. The Morgan fingerprint density at radius 2 is 0.965 bits per heavy atom. The molecule has 2 aliphatic heterocycles. The van der Waals surface area contributed by atoms with Crippen LogP contribution in [0.2, 0.25) is 0 Å². The van der Waals surface area contributed by atoms with Crippen LogP contribution >= 0.6 is 45.3 Å². The van der Waals surface area contributed by atoms with Crippen molar-refractivity contribution in [1.82, 2.24) is 30.4 Å². The zero-order valence-electron chi connectivity index (χ0n) is 50.1. The Labute approximate surface area is 517 Å². The van der Waals surface area contributed by atoms with E-state index in [0.717, 1.165) is 72.5 Å². The van der Waals surface area contributed by atoms with Crippen LogP contribution in [-0.2, 0) is 78.3 Å². The van der Waals surface area contributed by atoms with Crippen molar-refractivity contribution in [2.45, 2.75) is 111 Å². The number of amides is 4. The van der Waals surface area contributed by atoms with Crippen molar-refractivity contribution in [3.05, 3.63) is 69.4 Å². The van der Waals surface area contributed by atoms with E-state index in [4.69, 9.17) is 48.2 Å². The van der Waals surface area contributed by atoms with Crippen LogP contribution in [0.1, 0.15) is 95.0 Å². The fourth-order valence-electron chi connectivity index (χ4n) is 8.87. The summed E-state index contributed by atoms with van der Waals surface area (Å²) >= 11 is 6.20. The number of anilines is 2. The zero-order valence-corrected chi connectivity index (χ0v) is 53.3. The van der Waals surface area contributed by atoms with Crippen LogP contribution < -0.4 is 21.3 Å². The van der Waals surface area contributed by atoms with Gasteiger partial charge in [0.2, 0.25) is 11.8 Å². The third kappa shape index (κ3) is 21.3. The molecule has 0 aliphatic carbocycles. The first kappa shape index (κ1) is 67.3. The largest absolute Gasteiger partial charge is 0.481 e. The highest BCUT2D eigenvalue weighted by Crippen LogP contribution is 2.47. The fourth-order valence-corrected chi connectivity index (χ4v) is 13.7. The molecule has 2 aliphatic rings. The lowest BCUT2D eigenvalue weighted by atomic mass is 10.0. The Bertz CT molecular complexity index is 3150. The van der Waals surface area contributed by atoms with Crippen LogP contribution in [-0.4, -0.2) is 171 Å². The van der Waals surface area contributed by atoms with Crippen molar-refractivity contribution in [2.24, 2.45) is 0 Å². The molecule has 468 valence electrons. The van der Waals surface area contributed by atoms with Gasteiger partial charge in [-0.2, -0.15) is 0 Å². The number of ether oxygens (including phenoxy) is 7. The molecule has 0 atom stereocenters. The minimum atomic E-state index is -0.888. The standard InChI is InChI=1S/C31H42N4O7S2.C29H38N4O7S2/c1-5-41-26(37)12-16-39-18-19-40-17-14-32-13-10-25(36)34-29-27(28-33-22-8-6-7-9-23(22)43-28)21-11-15-35(20-24(21)44-29)30(38)42-31(2,3)4;1-29(2,3)40-28(37)33-13-9-19-22(18-33)42-27(25(19)26-31-20-6-4-5-7-21(20)41-26)32-23(34)8-11-30-12-15-39-17-16-38-14-10-24(35)36/h6-9,32H,5,10-20H2,1-4H3,(H,34,36);4-7,30H,8-18H2,1-3H3,(H,32,34)(H,35,36). The number of nitrogens with zero attached hydrogens (tertiary/aromatic N) is 4. The van der Waals surface area contributed by atoms with Crippen molar-refractivity contribution in [3.63, 3.8) is 0 Å². The summed E-state index contributed by atoms with van der Waals surface area (Å²) in [4.78, 5) is 88.5.